The van der Waals surface area contributed by atoms with Gasteiger partial charge in [-0.25, -0.2) is 0 Å². The third-order valence-corrected chi connectivity index (χ3v) is 3.81. The number of halogens is 1. The van der Waals surface area contributed by atoms with Crippen molar-refractivity contribution in [2.24, 2.45) is 5.41 Å². The van der Waals surface area contributed by atoms with Gasteiger partial charge in [0.1, 0.15) is 0 Å². The topological polar surface area (TPSA) is 9.23 Å². The Morgan fingerprint density at radius 2 is 1.93 bits per heavy atom. The molecule has 1 aromatic carbocycles. The Kier molecular flexibility index (Phi) is 3.60. The van der Waals surface area contributed by atoms with Crippen molar-refractivity contribution < 1.29 is 4.74 Å². The van der Waals surface area contributed by atoms with Crippen molar-refractivity contribution in [3.8, 4) is 0 Å². The highest BCUT2D eigenvalue weighted by atomic mass is 35.5. The van der Waals surface area contributed by atoms with Crippen LogP contribution < -0.4 is 0 Å². The van der Waals surface area contributed by atoms with Crippen molar-refractivity contribution in [2.45, 2.75) is 19.4 Å². The van der Waals surface area contributed by atoms with Crippen LogP contribution in [0.5, 0.6) is 0 Å². The molecule has 1 fully saturated rings. The minimum absolute atomic E-state index is 0.384. The third-order valence-electron chi connectivity index (χ3n) is 2.88. The van der Waals surface area contributed by atoms with Crippen molar-refractivity contribution >= 4 is 24.2 Å². The summed E-state index contributed by atoms with van der Waals surface area (Å²) in [7, 11) is 0. The zero-order chi connectivity index (χ0) is 10.7. The van der Waals surface area contributed by atoms with E-state index < -0.39 is 0 Å². The Bertz CT molecular complexity index is 319. The van der Waals surface area contributed by atoms with E-state index in [-0.39, 0.29) is 0 Å². The number of hydrogen-bond acceptors (Lipinski definition) is 2. The molecule has 0 radical (unpaired) electrons. The van der Waals surface area contributed by atoms with Gasteiger partial charge in [-0.2, -0.15) is 12.6 Å². The Hall–Kier alpha value is -0.180. The van der Waals surface area contributed by atoms with E-state index in [1.54, 1.807) is 0 Å². The maximum atomic E-state index is 5.80. The van der Waals surface area contributed by atoms with Gasteiger partial charge in [0.15, 0.2) is 0 Å². The minimum atomic E-state index is 0.384. The van der Waals surface area contributed by atoms with Gasteiger partial charge in [-0.3, -0.25) is 0 Å². The van der Waals surface area contributed by atoms with E-state index >= 15 is 0 Å². The summed E-state index contributed by atoms with van der Waals surface area (Å²) >= 11 is 10.1. The van der Waals surface area contributed by atoms with E-state index in [0.29, 0.717) is 12.0 Å². The van der Waals surface area contributed by atoms with Crippen LogP contribution in [0.4, 0.5) is 0 Å². The van der Waals surface area contributed by atoms with E-state index in [1.807, 2.05) is 24.3 Å². The Balaban J connectivity index is 1.76. The average Bonchev–Trinajstić information content (AvgIpc) is 3.02. The molecule has 0 bridgehead atoms. The zero-order valence-electron chi connectivity index (χ0n) is 8.58. The Morgan fingerprint density at radius 1 is 1.27 bits per heavy atom. The maximum Gasteiger partial charge on any atom is 0.0717 e. The summed E-state index contributed by atoms with van der Waals surface area (Å²) in [5.74, 6) is 0.938. The van der Waals surface area contributed by atoms with Crippen molar-refractivity contribution in [3.63, 3.8) is 0 Å². The summed E-state index contributed by atoms with van der Waals surface area (Å²) in [5, 5.41) is 0.771. The molecule has 15 heavy (non-hydrogen) atoms. The van der Waals surface area contributed by atoms with Gasteiger partial charge >= 0.3 is 0 Å². The molecule has 0 amide bonds. The van der Waals surface area contributed by atoms with Gasteiger partial charge in [0.25, 0.3) is 0 Å². The summed E-state index contributed by atoms with van der Waals surface area (Å²) in [6, 6.07) is 7.79. The van der Waals surface area contributed by atoms with Gasteiger partial charge in [-0.05, 0) is 36.3 Å². The lowest BCUT2D eigenvalue weighted by molar-refractivity contribution is 0.0858. The molecule has 2 rings (SSSR count). The summed E-state index contributed by atoms with van der Waals surface area (Å²) in [6.07, 6.45) is 2.52. The molecule has 0 heterocycles. The van der Waals surface area contributed by atoms with E-state index in [9.17, 15) is 0 Å². The second-order valence-corrected chi connectivity index (χ2v) is 5.03. The van der Waals surface area contributed by atoms with E-state index in [0.717, 1.165) is 17.4 Å². The third kappa shape index (κ3) is 3.13. The predicted octanol–water partition coefficient (Wildman–Crippen LogP) is 3.57. The van der Waals surface area contributed by atoms with Crippen LogP contribution in [0.25, 0.3) is 0 Å². The van der Waals surface area contributed by atoms with Crippen molar-refractivity contribution in [1.82, 2.24) is 0 Å². The number of rotatable bonds is 5. The molecule has 1 aliphatic carbocycles. The van der Waals surface area contributed by atoms with Crippen LogP contribution >= 0.6 is 24.2 Å². The number of benzene rings is 1. The molecule has 82 valence electrons. The highest BCUT2D eigenvalue weighted by Crippen LogP contribution is 2.46. The van der Waals surface area contributed by atoms with Crippen LogP contribution in [-0.4, -0.2) is 12.4 Å². The molecule has 0 unspecified atom stereocenters. The molecule has 0 saturated heterocycles. The number of hydrogen-bond donors (Lipinski definition) is 1. The Labute approximate surface area is 101 Å². The van der Waals surface area contributed by atoms with Crippen molar-refractivity contribution in [2.75, 3.05) is 12.4 Å². The minimum Gasteiger partial charge on any atom is -0.376 e. The van der Waals surface area contributed by atoms with Crippen molar-refractivity contribution in [3.05, 3.63) is 34.9 Å². The molecule has 1 aliphatic rings. The molecule has 3 heteroatoms. The fourth-order valence-corrected chi connectivity index (χ4v) is 2.02. The first-order valence-electron chi connectivity index (χ1n) is 5.17. The van der Waals surface area contributed by atoms with Crippen LogP contribution in [0, 0.1) is 5.41 Å². The maximum absolute atomic E-state index is 5.80. The first-order valence-corrected chi connectivity index (χ1v) is 6.18. The SMILES string of the molecule is SCC1(COCc2ccc(Cl)cc2)CC1. The molecule has 0 aliphatic heterocycles. The zero-order valence-corrected chi connectivity index (χ0v) is 10.2. The lowest BCUT2D eigenvalue weighted by atomic mass is 10.1. The summed E-state index contributed by atoms with van der Waals surface area (Å²) < 4.78 is 5.69. The second-order valence-electron chi connectivity index (χ2n) is 4.28. The number of thiol groups is 1. The first-order chi connectivity index (χ1) is 7.24. The van der Waals surface area contributed by atoms with E-state index in [2.05, 4.69) is 12.6 Å². The lowest BCUT2D eigenvalue weighted by Crippen LogP contribution is -2.11. The van der Waals surface area contributed by atoms with Gasteiger partial charge in [-0.1, -0.05) is 23.7 Å². The fourth-order valence-electron chi connectivity index (χ4n) is 1.49. The van der Waals surface area contributed by atoms with Gasteiger partial charge in [-0.15, -0.1) is 0 Å². The highest BCUT2D eigenvalue weighted by molar-refractivity contribution is 7.80. The van der Waals surface area contributed by atoms with Gasteiger partial charge in [0, 0.05) is 10.4 Å². The molecule has 0 spiro atoms. The monoisotopic (exact) mass is 242 g/mol. The van der Waals surface area contributed by atoms with Gasteiger partial charge in [0.2, 0.25) is 0 Å². The number of ether oxygens (including phenoxy) is 1. The van der Waals surface area contributed by atoms with Gasteiger partial charge < -0.3 is 4.74 Å². The predicted molar refractivity (Wildman–Crippen MR) is 66.6 cm³/mol. The molecule has 0 N–H and O–H groups in total. The van der Waals surface area contributed by atoms with Crippen molar-refractivity contribution in [1.29, 1.82) is 0 Å². The van der Waals surface area contributed by atoms with Crippen LogP contribution in [0.2, 0.25) is 5.02 Å². The van der Waals surface area contributed by atoms with Crippen LogP contribution in [0.3, 0.4) is 0 Å². The summed E-state index contributed by atoms with van der Waals surface area (Å²) in [6.45, 7) is 1.51. The van der Waals surface area contributed by atoms with Gasteiger partial charge in [0.05, 0.1) is 13.2 Å². The van der Waals surface area contributed by atoms with Crippen LogP contribution in [0.15, 0.2) is 24.3 Å². The largest absolute Gasteiger partial charge is 0.376 e. The molecular formula is C12H15ClOS. The molecule has 1 aromatic rings. The fraction of sp³-hybridized carbons (Fsp3) is 0.500. The molecular weight excluding hydrogens is 228 g/mol. The smallest absolute Gasteiger partial charge is 0.0717 e. The van der Waals surface area contributed by atoms with E-state index in [1.165, 1.54) is 18.4 Å². The molecule has 1 nitrogen and oxygen atoms in total. The quantitative estimate of drug-likeness (QED) is 0.777. The molecule has 1 saturated carbocycles. The normalized spacial score (nSPS) is 17.7. The van der Waals surface area contributed by atoms with E-state index in [4.69, 9.17) is 16.3 Å². The lowest BCUT2D eigenvalue weighted by Gasteiger charge is -2.12. The van der Waals surface area contributed by atoms with Crippen LogP contribution in [0.1, 0.15) is 18.4 Å². The Morgan fingerprint density at radius 3 is 2.47 bits per heavy atom. The first kappa shape index (κ1) is 11.3. The summed E-state index contributed by atoms with van der Waals surface area (Å²) in [5.41, 5.74) is 1.56. The average molecular weight is 243 g/mol. The second kappa shape index (κ2) is 4.77. The molecule has 0 atom stereocenters. The summed E-state index contributed by atoms with van der Waals surface area (Å²) in [4.78, 5) is 0. The molecule has 0 aromatic heterocycles. The standard InChI is InChI=1S/C12H15ClOS/c13-11-3-1-10(2-4-11)7-14-8-12(9-15)5-6-12/h1-4,15H,5-9H2. The van der Waals surface area contributed by atoms with Crippen LogP contribution in [-0.2, 0) is 11.3 Å². The highest BCUT2D eigenvalue weighted by Gasteiger charge is 2.41.